The first-order chi connectivity index (χ1) is 1.91. The summed E-state index contributed by atoms with van der Waals surface area (Å²) in [5, 5.41) is 0. The van der Waals surface area contributed by atoms with Crippen molar-refractivity contribution in [2.24, 2.45) is 0 Å². The Bertz CT molecular complexity index is 9.51. The molecule has 0 fully saturated rings. The molecule has 0 unspecified atom stereocenters. The first kappa shape index (κ1) is 15.7. The van der Waals surface area contributed by atoms with Crippen LogP contribution in [0.3, 0.4) is 0 Å². The van der Waals surface area contributed by atoms with Crippen molar-refractivity contribution in [3.63, 3.8) is 0 Å². The Morgan fingerprint density at radius 2 is 1.67 bits per heavy atom. The Morgan fingerprint density at radius 1 is 1.50 bits per heavy atom. The van der Waals surface area contributed by atoms with Gasteiger partial charge in [0.1, 0.15) is 0 Å². The summed E-state index contributed by atoms with van der Waals surface area (Å²) in [6.07, 6.45) is 3.32. The zero-order valence-electron chi connectivity index (χ0n) is 4.40. The van der Waals surface area contributed by atoms with Crippen LogP contribution in [-0.2, 0) is 19.5 Å². The standard InChI is InChI=1S/C4H9.BrH.Zn/c1-3-4-2;;/h3H,4H2,1-2H3;1H;/q-1;;. The molecule has 0 amide bonds. The van der Waals surface area contributed by atoms with E-state index in [9.17, 15) is 0 Å². The van der Waals surface area contributed by atoms with Crippen molar-refractivity contribution in [1.29, 1.82) is 0 Å². The molecule has 0 atom stereocenters. The van der Waals surface area contributed by atoms with Gasteiger partial charge in [-0.15, -0.1) is 17.0 Å². The summed E-state index contributed by atoms with van der Waals surface area (Å²) >= 11 is 0. The minimum absolute atomic E-state index is 0. The van der Waals surface area contributed by atoms with Crippen LogP contribution in [0.5, 0.6) is 0 Å². The average Bonchev–Trinajstić information content (AvgIpc) is 1.37. The molecular formula is C4H10BrZn-. The molecule has 0 aromatic carbocycles. The molecule has 0 saturated heterocycles. The molecule has 0 heterocycles. The summed E-state index contributed by atoms with van der Waals surface area (Å²) < 4.78 is 0. The van der Waals surface area contributed by atoms with Crippen molar-refractivity contribution in [1.82, 2.24) is 0 Å². The van der Waals surface area contributed by atoms with Crippen molar-refractivity contribution in [2.45, 2.75) is 20.3 Å². The molecule has 0 aliphatic carbocycles. The third kappa shape index (κ3) is 19.4. The molecule has 0 saturated carbocycles. The topological polar surface area (TPSA) is 0 Å². The van der Waals surface area contributed by atoms with E-state index in [-0.39, 0.29) is 36.5 Å². The monoisotopic (exact) mass is 201 g/mol. The fraction of sp³-hybridized carbons (Fsp3) is 0.750. The van der Waals surface area contributed by atoms with E-state index in [4.69, 9.17) is 0 Å². The molecule has 0 nitrogen and oxygen atoms in total. The number of unbranched alkanes of at least 4 members (excludes halogenated alkanes) is 1. The minimum Gasteiger partial charge on any atom is -0.332 e. The maximum absolute atomic E-state index is 2.12. The summed E-state index contributed by atoms with van der Waals surface area (Å²) in [5.74, 6) is 0. The van der Waals surface area contributed by atoms with Gasteiger partial charge in [0.2, 0.25) is 0 Å². The Labute approximate surface area is 63.2 Å². The molecule has 0 aliphatic heterocycles. The summed E-state index contributed by atoms with van der Waals surface area (Å²) in [6, 6.07) is 0. The van der Waals surface area contributed by atoms with E-state index in [0.717, 1.165) is 0 Å². The van der Waals surface area contributed by atoms with E-state index in [2.05, 4.69) is 20.3 Å². The predicted molar refractivity (Wildman–Crippen MR) is 30.6 cm³/mol. The van der Waals surface area contributed by atoms with Crippen LogP contribution >= 0.6 is 17.0 Å². The Kier molecular flexibility index (Phi) is 43.2. The number of rotatable bonds is 1. The van der Waals surface area contributed by atoms with Gasteiger partial charge in [0.15, 0.2) is 0 Å². The van der Waals surface area contributed by atoms with E-state index >= 15 is 0 Å². The molecule has 0 radical (unpaired) electrons. The van der Waals surface area contributed by atoms with Crippen molar-refractivity contribution >= 4 is 17.0 Å². The molecule has 0 rings (SSSR count). The van der Waals surface area contributed by atoms with Crippen LogP contribution in [-0.4, -0.2) is 0 Å². The van der Waals surface area contributed by atoms with Crippen LogP contribution in [0.15, 0.2) is 0 Å². The zero-order chi connectivity index (χ0) is 3.41. The predicted octanol–water partition coefficient (Wildman–Crippen LogP) is 2.20. The third-order valence-corrected chi connectivity index (χ3v) is 0.408. The van der Waals surface area contributed by atoms with Gasteiger partial charge in [-0.1, -0.05) is 6.92 Å². The van der Waals surface area contributed by atoms with Gasteiger partial charge in [0, 0.05) is 19.5 Å². The zero-order valence-corrected chi connectivity index (χ0v) is 9.08. The van der Waals surface area contributed by atoms with Gasteiger partial charge in [-0.2, -0.15) is 13.3 Å². The summed E-state index contributed by atoms with van der Waals surface area (Å²) in [7, 11) is 0. The van der Waals surface area contributed by atoms with Crippen molar-refractivity contribution in [3.8, 4) is 0 Å². The van der Waals surface area contributed by atoms with Gasteiger partial charge in [-0.05, 0) is 0 Å². The third-order valence-electron chi connectivity index (χ3n) is 0.408. The van der Waals surface area contributed by atoms with Crippen molar-refractivity contribution in [2.75, 3.05) is 0 Å². The molecule has 6 heavy (non-hydrogen) atoms. The molecule has 0 spiro atoms. The average molecular weight is 203 g/mol. The molecule has 0 bridgehead atoms. The maximum Gasteiger partial charge on any atom is 0 e. The van der Waals surface area contributed by atoms with Gasteiger partial charge in [-0.25, -0.2) is 0 Å². The number of hydrogen-bond donors (Lipinski definition) is 0. The van der Waals surface area contributed by atoms with Crippen molar-refractivity contribution in [3.05, 3.63) is 6.42 Å². The Balaban J connectivity index is -0.0000000450. The summed E-state index contributed by atoms with van der Waals surface area (Å²) in [5.41, 5.74) is 0. The van der Waals surface area contributed by atoms with E-state index in [1.165, 1.54) is 6.42 Å². The van der Waals surface area contributed by atoms with Crippen LogP contribution in [0.2, 0.25) is 0 Å². The largest absolute Gasteiger partial charge is 0.332 e. The van der Waals surface area contributed by atoms with Crippen molar-refractivity contribution < 1.29 is 19.5 Å². The number of halogens is 1. The van der Waals surface area contributed by atoms with Crippen LogP contribution in [0.4, 0.5) is 0 Å². The quantitative estimate of drug-likeness (QED) is 0.453. The minimum atomic E-state index is 0. The first-order valence-corrected chi connectivity index (χ1v) is 1.69. The van der Waals surface area contributed by atoms with Gasteiger partial charge < -0.3 is 6.42 Å². The maximum atomic E-state index is 2.12. The van der Waals surface area contributed by atoms with Gasteiger partial charge in [0.05, 0.1) is 0 Å². The molecule has 0 N–H and O–H groups in total. The van der Waals surface area contributed by atoms with E-state index < -0.39 is 0 Å². The second-order valence-corrected chi connectivity index (χ2v) is 0.816. The van der Waals surface area contributed by atoms with Gasteiger partial charge in [0.25, 0.3) is 0 Å². The second kappa shape index (κ2) is 16.5. The van der Waals surface area contributed by atoms with E-state index in [0.29, 0.717) is 0 Å². The summed E-state index contributed by atoms with van der Waals surface area (Å²) in [6.45, 7) is 4.18. The Hall–Kier alpha value is 1.10. The number of hydrogen-bond acceptors (Lipinski definition) is 0. The van der Waals surface area contributed by atoms with Gasteiger partial charge >= 0.3 is 0 Å². The normalized spacial score (nSPS) is 5.00. The summed E-state index contributed by atoms with van der Waals surface area (Å²) in [4.78, 5) is 0. The first-order valence-electron chi connectivity index (χ1n) is 1.69. The Morgan fingerprint density at radius 3 is 1.67 bits per heavy atom. The molecule has 0 aromatic heterocycles. The fourth-order valence-corrected chi connectivity index (χ4v) is 0. The molecular weight excluding hydrogens is 193 g/mol. The molecule has 36 valence electrons. The molecule has 0 aromatic rings. The van der Waals surface area contributed by atoms with Crippen LogP contribution in [0.25, 0.3) is 0 Å². The fourth-order valence-electron chi connectivity index (χ4n) is 0. The second-order valence-electron chi connectivity index (χ2n) is 0.816. The molecule has 2 heteroatoms. The van der Waals surface area contributed by atoms with Crippen LogP contribution in [0.1, 0.15) is 20.3 Å². The van der Waals surface area contributed by atoms with E-state index in [1.54, 1.807) is 0 Å². The SMILES string of the molecule is Br.C[CH-]CC.[Zn]. The smallest absolute Gasteiger partial charge is 0 e. The van der Waals surface area contributed by atoms with Gasteiger partial charge in [-0.3, -0.25) is 0 Å². The van der Waals surface area contributed by atoms with Crippen LogP contribution in [0, 0.1) is 6.42 Å². The molecule has 0 aliphatic rings. The van der Waals surface area contributed by atoms with Crippen LogP contribution < -0.4 is 0 Å². The van der Waals surface area contributed by atoms with E-state index in [1.807, 2.05) is 0 Å².